The minimum atomic E-state index is -0.740. The maximum absolute atomic E-state index is 12.3. The monoisotopic (exact) mass is 448 g/mol. The van der Waals surface area contributed by atoms with E-state index in [9.17, 15) is 29.8 Å². The summed E-state index contributed by atoms with van der Waals surface area (Å²) in [6.07, 6.45) is 0. The van der Waals surface area contributed by atoms with Crippen molar-refractivity contribution in [2.45, 2.75) is 12.1 Å². The number of aromatic nitrogens is 4. The van der Waals surface area contributed by atoms with Crippen LogP contribution in [-0.4, -0.2) is 40.4 Å². The Morgan fingerprint density at radius 2 is 1.94 bits per heavy atom. The molecule has 0 aliphatic rings. The lowest BCUT2D eigenvalue weighted by Crippen LogP contribution is -2.33. The molecule has 0 atom stereocenters. The van der Waals surface area contributed by atoms with Crippen LogP contribution in [0, 0.1) is 20.2 Å². The Hall–Kier alpha value is -4.01. The van der Waals surface area contributed by atoms with Gasteiger partial charge in [-0.05, 0) is 13.0 Å². The van der Waals surface area contributed by atoms with Gasteiger partial charge in [-0.1, -0.05) is 11.8 Å². The summed E-state index contributed by atoms with van der Waals surface area (Å²) in [6.45, 7) is 1.67. The number of hydrogen-bond acceptors (Lipinski definition) is 10. The van der Waals surface area contributed by atoms with Crippen molar-refractivity contribution in [3.05, 3.63) is 59.3 Å². The number of fused-ring (bicyclic) bond motifs is 1. The lowest BCUT2D eigenvalue weighted by molar-refractivity contribution is -0.393. The molecule has 0 saturated heterocycles. The molecular formula is C16H16N8O6S. The van der Waals surface area contributed by atoms with Crippen molar-refractivity contribution in [1.82, 2.24) is 19.1 Å². The molecule has 3 aromatic rings. The topological polar surface area (TPSA) is 183 Å². The third-order valence-corrected chi connectivity index (χ3v) is 5.44. The number of nitrogens with one attached hydrogen (secondary N) is 2. The summed E-state index contributed by atoms with van der Waals surface area (Å²) >= 11 is 1.24. The van der Waals surface area contributed by atoms with Crippen LogP contribution in [0.5, 0.6) is 0 Å². The summed E-state index contributed by atoms with van der Waals surface area (Å²) in [6, 6.07) is 3.19. The highest BCUT2D eigenvalue weighted by atomic mass is 32.2. The fourth-order valence-corrected chi connectivity index (χ4v) is 3.45. The Bertz CT molecular complexity index is 1350. The first-order valence-corrected chi connectivity index (χ1v) is 9.59. The van der Waals surface area contributed by atoms with E-state index in [1.807, 2.05) is 0 Å². The average molecular weight is 448 g/mol. The second kappa shape index (κ2) is 8.39. The van der Waals surface area contributed by atoms with Gasteiger partial charge in [0, 0.05) is 31.6 Å². The van der Waals surface area contributed by atoms with Gasteiger partial charge >= 0.3 is 11.4 Å². The Labute approximate surface area is 176 Å². The highest BCUT2D eigenvalue weighted by molar-refractivity contribution is 7.99. The predicted octanol–water partition coefficient (Wildman–Crippen LogP) is 1.36. The van der Waals surface area contributed by atoms with E-state index in [4.69, 9.17) is 0 Å². The van der Waals surface area contributed by atoms with Crippen molar-refractivity contribution >= 4 is 45.7 Å². The van der Waals surface area contributed by atoms with Crippen LogP contribution in [0.15, 0.2) is 38.0 Å². The average Bonchev–Trinajstić information content (AvgIpc) is 3.03. The number of nitrogens with zero attached hydrogens (tertiary/aromatic N) is 6. The van der Waals surface area contributed by atoms with E-state index in [1.165, 1.54) is 24.9 Å². The van der Waals surface area contributed by atoms with Crippen LogP contribution in [0.1, 0.15) is 6.92 Å². The molecule has 2 aromatic heterocycles. The van der Waals surface area contributed by atoms with Gasteiger partial charge in [0.05, 0.1) is 15.9 Å². The van der Waals surface area contributed by atoms with Crippen LogP contribution in [0.3, 0.4) is 0 Å². The molecule has 0 fully saturated rings. The molecule has 14 nitrogen and oxygen atoms in total. The first kappa shape index (κ1) is 21.7. The number of nitro groups is 2. The van der Waals surface area contributed by atoms with Gasteiger partial charge in [-0.15, -0.1) is 0 Å². The van der Waals surface area contributed by atoms with E-state index in [1.54, 1.807) is 18.5 Å². The van der Waals surface area contributed by atoms with Gasteiger partial charge in [0.2, 0.25) is 0 Å². The molecule has 0 bridgehead atoms. The minimum Gasteiger partial charge on any atom is -0.316 e. The molecular weight excluding hydrogens is 432 g/mol. The second-order valence-corrected chi connectivity index (χ2v) is 7.35. The number of imidazole rings is 1. The van der Waals surface area contributed by atoms with Gasteiger partial charge in [0.1, 0.15) is 5.69 Å². The Morgan fingerprint density at radius 1 is 1.23 bits per heavy atom. The lowest BCUT2D eigenvalue weighted by Gasteiger charge is -2.05. The first-order chi connectivity index (χ1) is 14.6. The Balaban J connectivity index is 1.78. The van der Waals surface area contributed by atoms with Crippen molar-refractivity contribution in [3.8, 4) is 0 Å². The van der Waals surface area contributed by atoms with Crippen LogP contribution in [-0.2, 0) is 14.1 Å². The number of aromatic amines is 1. The summed E-state index contributed by atoms with van der Waals surface area (Å²) in [5, 5.41) is 26.5. The molecule has 31 heavy (non-hydrogen) atoms. The molecule has 15 heteroatoms. The first-order valence-electron chi connectivity index (χ1n) is 8.60. The maximum atomic E-state index is 12.3. The second-order valence-electron chi connectivity index (χ2n) is 6.41. The van der Waals surface area contributed by atoms with Gasteiger partial charge in [-0.3, -0.25) is 40.0 Å². The van der Waals surface area contributed by atoms with Gasteiger partial charge in [0.25, 0.3) is 11.2 Å². The molecule has 0 saturated carbocycles. The van der Waals surface area contributed by atoms with Crippen molar-refractivity contribution in [2.75, 3.05) is 11.2 Å². The third kappa shape index (κ3) is 4.30. The third-order valence-electron chi connectivity index (χ3n) is 4.26. The normalized spacial score (nSPS) is 11.6. The van der Waals surface area contributed by atoms with Gasteiger partial charge in [-0.25, -0.2) is 9.78 Å². The molecule has 0 aliphatic heterocycles. The molecule has 162 valence electrons. The maximum Gasteiger partial charge on any atom is 0.329 e. The Kier molecular flexibility index (Phi) is 5.87. The minimum absolute atomic E-state index is 0.00347. The highest BCUT2D eigenvalue weighted by Crippen LogP contribution is 2.29. The van der Waals surface area contributed by atoms with E-state index in [0.717, 1.165) is 16.7 Å². The fourth-order valence-electron chi connectivity index (χ4n) is 2.61. The van der Waals surface area contributed by atoms with Gasteiger partial charge in [0.15, 0.2) is 16.3 Å². The van der Waals surface area contributed by atoms with Crippen LogP contribution >= 0.6 is 11.8 Å². The van der Waals surface area contributed by atoms with Crippen LogP contribution in [0.4, 0.5) is 17.1 Å². The van der Waals surface area contributed by atoms with E-state index >= 15 is 0 Å². The molecule has 3 rings (SSSR count). The SMILES string of the molecule is C/C(CSc1nc2[nH]c(=O)n(C)c(=O)c2n1C)=N\Nc1ccc([N+](=O)[O-])cc1[N+](=O)[O-]. The van der Waals surface area contributed by atoms with Crippen molar-refractivity contribution in [3.63, 3.8) is 0 Å². The number of H-pyrrole nitrogens is 1. The summed E-state index contributed by atoms with van der Waals surface area (Å²) < 4.78 is 2.51. The van der Waals surface area contributed by atoms with Crippen LogP contribution in [0.2, 0.25) is 0 Å². The zero-order valence-electron chi connectivity index (χ0n) is 16.5. The number of hydrazone groups is 1. The van der Waals surface area contributed by atoms with Crippen LogP contribution < -0.4 is 16.7 Å². The predicted molar refractivity (Wildman–Crippen MR) is 114 cm³/mol. The van der Waals surface area contributed by atoms with Crippen molar-refractivity contribution < 1.29 is 9.85 Å². The number of thioether (sulfide) groups is 1. The van der Waals surface area contributed by atoms with Crippen molar-refractivity contribution in [1.29, 1.82) is 0 Å². The zero-order valence-corrected chi connectivity index (χ0v) is 17.3. The molecule has 0 amide bonds. The number of rotatable bonds is 7. The molecule has 0 aliphatic carbocycles. The largest absolute Gasteiger partial charge is 0.329 e. The zero-order chi connectivity index (χ0) is 22.9. The van der Waals surface area contributed by atoms with Crippen molar-refractivity contribution in [2.24, 2.45) is 19.2 Å². The molecule has 0 unspecified atom stereocenters. The van der Waals surface area contributed by atoms with E-state index in [2.05, 4.69) is 20.5 Å². The summed E-state index contributed by atoms with van der Waals surface area (Å²) in [7, 11) is 3.00. The van der Waals surface area contributed by atoms with Gasteiger partial charge in [-0.2, -0.15) is 5.10 Å². The summed E-state index contributed by atoms with van der Waals surface area (Å²) in [5.74, 6) is 0.315. The molecule has 2 N–H and O–H groups in total. The summed E-state index contributed by atoms with van der Waals surface area (Å²) in [5.41, 5.74) is 1.58. The number of anilines is 1. The number of benzene rings is 1. The smallest absolute Gasteiger partial charge is 0.316 e. The number of hydrogen-bond donors (Lipinski definition) is 2. The number of non-ortho nitro benzene ring substituents is 1. The standard InChI is InChI=1S/C16H16N8O6S/c1-8(19-20-10-5-4-9(23(27)28)6-11(10)24(29)30)7-31-16-18-13-12(21(16)2)14(25)22(3)15(26)17-13/h4-6,20H,7H2,1-3H3,(H,17,26)/b19-8+. The summed E-state index contributed by atoms with van der Waals surface area (Å²) in [4.78, 5) is 51.3. The van der Waals surface area contributed by atoms with Gasteiger partial charge < -0.3 is 4.57 Å². The highest BCUT2D eigenvalue weighted by Gasteiger charge is 2.19. The van der Waals surface area contributed by atoms with E-state index in [0.29, 0.717) is 16.6 Å². The molecule has 0 spiro atoms. The Morgan fingerprint density at radius 3 is 2.58 bits per heavy atom. The van der Waals surface area contributed by atoms with E-state index < -0.39 is 32.5 Å². The fraction of sp³-hybridized carbons (Fsp3) is 0.250. The number of aryl methyl sites for hydroxylation is 1. The molecule has 0 radical (unpaired) electrons. The van der Waals surface area contributed by atoms with E-state index in [-0.39, 0.29) is 16.9 Å². The molecule has 2 heterocycles. The molecule has 1 aromatic carbocycles. The lowest BCUT2D eigenvalue weighted by atomic mass is 10.2. The quantitative estimate of drug-likeness (QED) is 0.233. The van der Waals surface area contributed by atoms with Crippen LogP contribution in [0.25, 0.3) is 11.2 Å². The number of nitro benzene ring substituents is 2.